The summed E-state index contributed by atoms with van der Waals surface area (Å²) in [5, 5.41) is 5.47. The lowest BCUT2D eigenvalue weighted by atomic mass is 10.2. The molecule has 0 atom stereocenters. The van der Waals surface area contributed by atoms with Gasteiger partial charge >= 0.3 is 0 Å². The quantitative estimate of drug-likeness (QED) is 0.440. The first kappa shape index (κ1) is 23.8. The summed E-state index contributed by atoms with van der Waals surface area (Å²) in [6.45, 7) is 2.37. The highest BCUT2D eigenvalue weighted by Gasteiger charge is 2.39. The second-order valence-electron chi connectivity index (χ2n) is 7.45. The average Bonchev–Trinajstić information content (AvgIpc) is 3.08. The zero-order chi connectivity index (χ0) is 24.9. The van der Waals surface area contributed by atoms with E-state index in [2.05, 4.69) is 10.6 Å². The van der Waals surface area contributed by atoms with Crippen LogP contribution in [0.2, 0.25) is 0 Å². The Kier molecular flexibility index (Phi) is 7.03. The average molecular weight is 492 g/mol. The largest absolute Gasteiger partial charge is 0.497 e. The van der Waals surface area contributed by atoms with E-state index >= 15 is 0 Å². The number of methoxy groups -OCH3 is 1. The molecule has 3 aromatic carbocycles. The number of rotatable bonds is 8. The van der Waals surface area contributed by atoms with Gasteiger partial charge in [0.2, 0.25) is 0 Å². The maximum Gasteiger partial charge on any atom is 0.283 e. The number of amides is 3. The molecule has 178 valence electrons. The molecule has 3 aromatic rings. The fourth-order valence-corrected chi connectivity index (χ4v) is 3.67. The molecule has 1 aliphatic rings. The number of carbonyl (C=O) groups is 3. The summed E-state index contributed by atoms with van der Waals surface area (Å²) in [6.07, 6.45) is 0. The van der Waals surface area contributed by atoms with Crippen molar-refractivity contribution in [2.45, 2.75) is 6.92 Å². The van der Waals surface area contributed by atoms with Gasteiger partial charge in [-0.2, -0.15) is 0 Å². The van der Waals surface area contributed by atoms with Crippen LogP contribution in [-0.4, -0.2) is 31.4 Å². The first-order chi connectivity index (χ1) is 16.9. The van der Waals surface area contributed by atoms with Crippen molar-refractivity contribution in [3.8, 4) is 11.5 Å². The summed E-state index contributed by atoms with van der Waals surface area (Å²) >= 11 is 6.20. The predicted octanol–water partition coefficient (Wildman–Crippen LogP) is 4.78. The first-order valence-corrected chi connectivity index (χ1v) is 11.1. The third-order valence-corrected chi connectivity index (χ3v) is 5.53. The molecule has 9 heteroatoms. The molecule has 1 aliphatic heterocycles. The van der Waals surface area contributed by atoms with E-state index in [0.717, 1.165) is 4.90 Å². The maximum absolute atomic E-state index is 13.0. The van der Waals surface area contributed by atoms with Crippen LogP contribution in [0.25, 0.3) is 0 Å². The number of imide groups is 1. The predicted molar refractivity (Wildman–Crippen MR) is 134 cm³/mol. The Morgan fingerprint density at radius 2 is 1.63 bits per heavy atom. The van der Waals surface area contributed by atoms with Crippen molar-refractivity contribution in [3.05, 3.63) is 89.1 Å². The Morgan fingerprint density at radius 3 is 2.29 bits per heavy atom. The van der Waals surface area contributed by atoms with Crippen LogP contribution in [0.15, 0.2) is 83.5 Å². The van der Waals surface area contributed by atoms with Crippen molar-refractivity contribution >= 4 is 46.4 Å². The lowest BCUT2D eigenvalue weighted by Crippen LogP contribution is -2.32. The molecule has 0 aliphatic carbocycles. The molecule has 35 heavy (non-hydrogen) atoms. The Balaban J connectivity index is 1.45. The summed E-state index contributed by atoms with van der Waals surface area (Å²) in [5.74, 6) is -0.261. The van der Waals surface area contributed by atoms with Crippen LogP contribution in [0, 0.1) is 0 Å². The van der Waals surface area contributed by atoms with Crippen LogP contribution in [0.3, 0.4) is 0 Å². The Hall–Kier alpha value is -4.30. The Labute approximate surface area is 207 Å². The molecule has 0 radical (unpaired) electrons. The third kappa shape index (κ3) is 5.12. The molecule has 0 saturated carbocycles. The Morgan fingerprint density at radius 1 is 0.914 bits per heavy atom. The molecule has 0 spiro atoms. The van der Waals surface area contributed by atoms with Gasteiger partial charge in [0.1, 0.15) is 22.2 Å². The number of nitrogens with zero attached hydrogens (tertiary/aromatic N) is 1. The topological polar surface area (TPSA) is 97.0 Å². The van der Waals surface area contributed by atoms with Crippen LogP contribution >= 0.6 is 11.6 Å². The van der Waals surface area contributed by atoms with Gasteiger partial charge < -0.3 is 20.1 Å². The molecular formula is C26H22ClN3O5. The lowest BCUT2D eigenvalue weighted by molar-refractivity contribution is -0.120. The van der Waals surface area contributed by atoms with Crippen LogP contribution in [-0.2, 0) is 9.59 Å². The molecule has 0 aromatic heterocycles. The zero-order valence-electron chi connectivity index (χ0n) is 19.0. The van der Waals surface area contributed by atoms with Crippen LogP contribution < -0.4 is 25.0 Å². The van der Waals surface area contributed by atoms with Gasteiger partial charge in [0.15, 0.2) is 0 Å². The smallest absolute Gasteiger partial charge is 0.283 e. The standard InChI is InChI=1S/C26H22ClN3O5/c1-3-35-20-13-11-19(12-14-20)30-25(32)22(27)23(26(30)33)28-17-9-7-16(8-10-17)24(31)29-18-5-4-6-21(15-18)34-2/h4-15,28H,3H2,1-2H3,(H,29,31). The van der Waals surface area contributed by atoms with Gasteiger partial charge in [-0.3, -0.25) is 14.4 Å². The van der Waals surface area contributed by atoms with E-state index in [9.17, 15) is 14.4 Å². The summed E-state index contributed by atoms with van der Waals surface area (Å²) in [4.78, 5) is 39.2. The number of hydrogen-bond donors (Lipinski definition) is 2. The monoisotopic (exact) mass is 491 g/mol. The van der Waals surface area contributed by atoms with Crippen molar-refractivity contribution < 1.29 is 23.9 Å². The van der Waals surface area contributed by atoms with Gasteiger partial charge in [0.25, 0.3) is 17.7 Å². The number of halogens is 1. The van der Waals surface area contributed by atoms with Gasteiger partial charge in [-0.15, -0.1) is 0 Å². The number of carbonyl (C=O) groups excluding carboxylic acids is 3. The van der Waals surface area contributed by atoms with E-state index in [4.69, 9.17) is 21.1 Å². The highest BCUT2D eigenvalue weighted by molar-refractivity contribution is 6.53. The number of ether oxygens (including phenoxy) is 2. The SMILES string of the molecule is CCOc1ccc(N2C(=O)C(Cl)=C(Nc3ccc(C(=O)Nc4cccc(OC)c4)cc3)C2=O)cc1. The zero-order valence-corrected chi connectivity index (χ0v) is 19.8. The molecule has 0 unspecified atom stereocenters. The minimum atomic E-state index is -0.627. The fraction of sp³-hybridized carbons (Fsp3) is 0.115. The molecular weight excluding hydrogens is 470 g/mol. The van der Waals surface area contributed by atoms with Crippen molar-refractivity contribution in [2.24, 2.45) is 0 Å². The van der Waals surface area contributed by atoms with Gasteiger partial charge in [-0.1, -0.05) is 17.7 Å². The summed E-state index contributed by atoms with van der Waals surface area (Å²) in [7, 11) is 1.55. The normalized spacial score (nSPS) is 13.2. The Bertz CT molecular complexity index is 1300. The number of nitrogens with one attached hydrogen (secondary N) is 2. The molecule has 3 amide bonds. The molecule has 0 bridgehead atoms. The van der Waals surface area contributed by atoms with E-state index in [1.54, 1.807) is 79.9 Å². The van der Waals surface area contributed by atoms with Crippen LogP contribution in [0.4, 0.5) is 17.1 Å². The molecule has 0 fully saturated rings. The van der Waals surface area contributed by atoms with Crippen LogP contribution in [0.5, 0.6) is 11.5 Å². The summed E-state index contributed by atoms with van der Waals surface area (Å²) in [6, 6.07) is 20.0. The van der Waals surface area contributed by atoms with Crippen molar-refractivity contribution in [1.29, 1.82) is 0 Å². The number of benzene rings is 3. The van der Waals surface area contributed by atoms with Gasteiger partial charge in [-0.05, 0) is 67.6 Å². The molecule has 2 N–H and O–H groups in total. The van der Waals surface area contributed by atoms with Crippen molar-refractivity contribution in [1.82, 2.24) is 0 Å². The molecule has 1 heterocycles. The fourth-order valence-electron chi connectivity index (χ4n) is 3.46. The second kappa shape index (κ2) is 10.3. The summed E-state index contributed by atoms with van der Waals surface area (Å²) in [5.41, 5.74) is 1.83. The second-order valence-corrected chi connectivity index (χ2v) is 7.83. The van der Waals surface area contributed by atoms with Gasteiger partial charge in [0, 0.05) is 23.0 Å². The highest BCUT2D eigenvalue weighted by Crippen LogP contribution is 2.31. The van der Waals surface area contributed by atoms with Gasteiger partial charge in [-0.25, -0.2) is 4.90 Å². The number of anilines is 3. The highest BCUT2D eigenvalue weighted by atomic mass is 35.5. The first-order valence-electron chi connectivity index (χ1n) is 10.7. The van der Waals surface area contributed by atoms with E-state index in [1.807, 2.05) is 6.92 Å². The lowest BCUT2D eigenvalue weighted by Gasteiger charge is -2.15. The van der Waals surface area contributed by atoms with Gasteiger partial charge in [0.05, 0.1) is 19.4 Å². The molecule has 8 nitrogen and oxygen atoms in total. The van der Waals surface area contributed by atoms with Crippen LogP contribution in [0.1, 0.15) is 17.3 Å². The van der Waals surface area contributed by atoms with E-state index in [1.165, 1.54) is 0 Å². The van der Waals surface area contributed by atoms with E-state index < -0.39 is 11.8 Å². The van der Waals surface area contributed by atoms with E-state index in [-0.39, 0.29) is 16.6 Å². The maximum atomic E-state index is 13.0. The minimum Gasteiger partial charge on any atom is -0.497 e. The minimum absolute atomic E-state index is 0.0425. The molecule has 4 rings (SSSR count). The summed E-state index contributed by atoms with van der Waals surface area (Å²) < 4.78 is 10.6. The van der Waals surface area contributed by atoms with Crippen molar-refractivity contribution in [2.75, 3.05) is 29.3 Å². The van der Waals surface area contributed by atoms with E-state index in [0.29, 0.717) is 40.7 Å². The van der Waals surface area contributed by atoms with Crippen molar-refractivity contribution in [3.63, 3.8) is 0 Å². The third-order valence-electron chi connectivity index (χ3n) is 5.18. The number of hydrogen-bond acceptors (Lipinski definition) is 6. The molecule has 0 saturated heterocycles.